The highest BCUT2D eigenvalue weighted by atomic mass is 16.4. The van der Waals surface area contributed by atoms with Crippen LogP contribution in [0.2, 0.25) is 0 Å². The molecule has 606 valence electrons. The van der Waals surface area contributed by atoms with Crippen LogP contribution in [-0.2, 0) is 96.8 Å². The summed E-state index contributed by atoms with van der Waals surface area (Å²) >= 11 is 0. The lowest BCUT2D eigenvalue weighted by Gasteiger charge is -2.26. The monoisotopic (exact) mass is 1590 g/mol. The topological polar surface area (TPSA) is 727 Å². The molecule has 0 unspecified atom stereocenters. The molecule has 2 aliphatic heterocycles. The molecule has 0 fully saturated rings. The highest BCUT2D eigenvalue weighted by Gasteiger charge is 2.28. The molecule has 0 aromatic carbocycles. The average molecular weight is 1590 g/mol. The molecule has 52 nitrogen and oxygen atoms in total. The standard InChI is InChI=1S/C62H79N33O19/c63-5-15-84(45(102)26-93-14-4-39(96)82-62(93)114)21-40(97)69-6-16-85(46(103)27-90-11-1-36(64)79-59(90)111)22-41(98)70-7-17-86(47(104)28-91-12-2-37(65)80-60(91)112)23-42(99)71-8-18-87(48(105)29-92-13-3-38(66)81-61(92)113)24-43(100)72-9-19-88(49(106)30-94-35-78-54(67)52-55(94)76-33-74-52)25-44(101)73-10-20-89(32-51(108)109)50(107)31-95-56-53(75-34-77-56)57(110)83-58(95)68/h1-4,11-14,33-35H,5-10,15-32,63,67H2,(H,69,97)(H,70,98)(H,71,99)(H,72,100)(H,73,101)(H,75,77)(H,108,109)(H2,64,79,111)(H2,65,80,112)(H2,66,81,113)(H2,68,83,110)(H,82,96,114). The van der Waals surface area contributed by atoms with Crippen LogP contribution >= 0.6 is 0 Å². The molecular formula is C62H79N33O19. The molecule has 0 spiro atoms. The van der Waals surface area contributed by atoms with Crippen molar-refractivity contribution in [2.75, 3.05) is 146 Å². The van der Waals surface area contributed by atoms with Gasteiger partial charge < -0.3 is 105 Å². The number of nitrogens with zero attached hydrogens (tertiary/aromatic N) is 20. The van der Waals surface area contributed by atoms with Crippen molar-refractivity contribution in [3.63, 3.8) is 0 Å². The van der Waals surface area contributed by atoms with Gasteiger partial charge in [0.25, 0.3) is 5.56 Å². The quantitative estimate of drug-likeness (QED) is 0.0169. The van der Waals surface area contributed by atoms with E-state index in [4.69, 9.17) is 34.4 Å². The van der Waals surface area contributed by atoms with E-state index in [9.17, 15) is 91.4 Å². The molecule has 8 rings (SSSR count). The Balaban J connectivity index is 0.914. The zero-order valence-corrected chi connectivity index (χ0v) is 60.5. The summed E-state index contributed by atoms with van der Waals surface area (Å²) in [4.78, 5) is 279. The molecule has 0 saturated carbocycles. The lowest BCUT2D eigenvalue weighted by Crippen LogP contribution is -2.50. The zero-order valence-electron chi connectivity index (χ0n) is 60.5. The Labute approximate surface area is 638 Å². The number of carboxylic acid groups (broad SMARTS) is 1. The Morgan fingerprint density at radius 1 is 0.430 bits per heavy atom. The van der Waals surface area contributed by atoms with E-state index in [1.165, 1.54) is 41.6 Å². The van der Waals surface area contributed by atoms with Crippen molar-refractivity contribution < 1.29 is 62.6 Å². The van der Waals surface area contributed by atoms with Crippen molar-refractivity contribution >= 4 is 111 Å². The van der Waals surface area contributed by atoms with Crippen LogP contribution in [0.15, 0.2) is 96.8 Å². The number of H-pyrrole nitrogens is 2. The first kappa shape index (κ1) is 84.4. The SMILES string of the molecule is NCCN(CC(=O)NCCN(CC(=O)NCCN(CC(=O)NCCN(CC(=O)NCCN(CC(=O)NCCN(CC(=O)O)C(=O)Cn1c(N)nc(=O)c2nc[nH]c21)C(=O)Cn1cnc(N)c2ncnc1-2)C(=O)Cn1ccc(N)nc1=O)C(=O)Cn1ccc(N)nc1=O)C(=O)Cn1ccc(N)nc1=O)C(=O)Cn1ccc(=O)[nH]c1=O. The molecule has 0 aliphatic carbocycles. The number of aliphatic carboxylic acids is 1. The third-order valence-corrected chi connectivity index (χ3v) is 16.5. The highest BCUT2D eigenvalue weighted by molar-refractivity contribution is 5.89. The number of hydrogen-bond acceptors (Lipinski definition) is 32. The summed E-state index contributed by atoms with van der Waals surface area (Å²) in [5.41, 5.74) is 29.3. The summed E-state index contributed by atoms with van der Waals surface area (Å²) in [6.07, 6.45) is 8.08. The van der Waals surface area contributed by atoms with E-state index in [2.05, 4.69) is 71.4 Å². The van der Waals surface area contributed by atoms with E-state index in [0.717, 1.165) is 83.2 Å². The highest BCUT2D eigenvalue weighted by Crippen LogP contribution is 2.21. The number of nitrogens with two attached hydrogens (primary N) is 6. The first-order valence-corrected chi connectivity index (χ1v) is 34.1. The van der Waals surface area contributed by atoms with Crippen LogP contribution in [0.3, 0.4) is 0 Å². The average Bonchev–Trinajstić information content (AvgIpc) is 1.60. The number of rotatable bonds is 41. The number of nitrogens with one attached hydrogen (secondary N) is 7. The minimum atomic E-state index is -1.43. The zero-order chi connectivity index (χ0) is 82.9. The fourth-order valence-corrected chi connectivity index (χ4v) is 10.7. The Morgan fingerprint density at radius 2 is 0.798 bits per heavy atom. The second-order valence-electron chi connectivity index (χ2n) is 24.6. The fraction of sp³-hybridized carbons (Fsp3) is 0.387. The van der Waals surface area contributed by atoms with Crippen LogP contribution in [0, 0.1) is 0 Å². The number of carbonyl (C=O) groups excluding carboxylic acids is 11. The van der Waals surface area contributed by atoms with Crippen LogP contribution in [0.1, 0.15) is 0 Å². The summed E-state index contributed by atoms with van der Waals surface area (Å²) in [7, 11) is 0. The predicted octanol–water partition coefficient (Wildman–Crippen LogP) is -13.3. The van der Waals surface area contributed by atoms with E-state index in [1.807, 2.05) is 4.98 Å². The van der Waals surface area contributed by atoms with E-state index < -0.39 is 236 Å². The van der Waals surface area contributed by atoms with Crippen molar-refractivity contribution in [3.05, 3.63) is 131 Å². The van der Waals surface area contributed by atoms with Gasteiger partial charge >= 0.3 is 34.3 Å². The van der Waals surface area contributed by atoms with E-state index in [1.54, 1.807) is 0 Å². The number of aromatic amines is 2. The minimum Gasteiger partial charge on any atom is -0.480 e. The number of carboxylic acids is 1. The summed E-state index contributed by atoms with van der Waals surface area (Å²) in [6, 6.07) is 4.67. The molecule has 0 atom stereocenters. The Morgan fingerprint density at radius 3 is 1.18 bits per heavy atom. The molecule has 11 amide bonds. The Bertz CT molecular complexity index is 5260. The van der Waals surface area contributed by atoms with Gasteiger partial charge in [-0.1, -0.05) is 0 Å². The molecular weight excluding hydrogens is 1510 g/mol. The maximum absolute atomic E-state index is 14.2. The Kier molecular flexibility index (Phi) is 29.5. The first-order chi connectivity index (χ1) is 54.3. The summed E-state index contributed by atoms with van der Waals surface area (Å²) < 4.78 is 5.89. The predicted molar refractivity (Wildman–Crippen MR) is 393 cm³/mol. The molecule has 6 aromatic heterocycles. The summed E-state index contributed by atoms with van der Waals surface area (Å²) in [5, 5.41) is 22.3. The van der Waals surface area contributed by atoms with Gasteiger partial charge in [0.05, 0.1) is 45.4 Å². The molecule has 114 heavy (non-hydrogen) atoms. The van der Waals surface area contributed by atoms with Crippen LogP contribution in [-0.4, -0.2) is 301 Å². The third kappa shape index (κ3) is 24.4. The molecule has 8 heterocycles. The number of nitrogen functional groups attached to an aromatic ring is 5. The summed E-state index contributed by atoms with van der Waals surface area (Å²) in [6.45, 7) is -12.9. The van der Waals surface area contributed by atoms with Crippen LogP contribution in [0.4, 0.5) is 29.2 Å². The van der Waals surface area contributed by atoms with Gasteiger partial charge in [0.2, 0.25) is 70.9 Å². The smallest absolute Gasteiger partial charge is 0.349 e. The van der Waals surface area contributed by atoms with Gasteiger partial charge in [-0.15, -0.1) is 0 Å². The van der Waals surface area contributed by atoms with Crippen molar-refractivity contribution in [1.82, 2.24) is 133 Å². The third-order valence-electron chi connectivity index (χ3n) is 16.5. The molecule has 0 radical (unpaired) electrons. The molecule has 2 aliphatic rings. The van der Waals surface area contributed by atoms with Crippen molar-refractivity contribution in [1.29, 1.82) is 0 Å². The van der Waals surface area contributed by atoms with Crippen LogP contribution in [0.25, 0.3) is 22.7 Å². The van der Waals surface area contributed by atoms with Gasteiger partial charge in [-0.05, 0) is 18.2 Å². The van der Waals surface area contributed by atoms with Crippen molar-refractivity contribution in [2.24, 2.45) is 5.73 Å². The lowest BCUT2D eigenvalue weighted by atomic mass is 10.3. The normalized spacial score (nSPS) is 11.0. The molecule has 0 saturated heterocycles. The number of anilines is 5. The van der Waals surface area contributed by atoms with Crippen LogP contribution < -0.4 is 94.9 Å². The van der Waals surface area contributed by atoms with Gasteiger partial charge in [-0.2, -0.15) is 19.9 Å². The van der Waals surface area contributed by atoms with Gasteiger partial charge in [-0.3, -0.25) is 94.9 Å². The van der Waals surface area contributed by atoms with Crippen LogP contribution in [0.5, 0.6) is 0 Å². The van der Waals surface area contributed by atoms with Gasteiger partial charge in [0, 0.05) is 109 Å². The number of carbonyl (C=O) groups is 12. The Hall–Kier alpha value is -15.2. The van der Waals surface area contributed by atoms with Crippen molar-refractivity contribution in [2.45, 2.75) is 39.3 Å². The van der Waals surface area contributed by atoms with E-state index >= 15 is 0 Å². The maximum Gasteiger partial charge on any atom is 0.349 e. The number of aromatic nitrogens is 16. The largest absolute Gasteiger partial charge is 0.480 e. The second-order valence-corrected chi connectivity index (χ2v) is 24.6. The van der Waals surface area contributed by atoms with Gasteiger partial charge in [0.15, 0.2) is 17.2 Å². The molecule has 6 aromatic rings. The number of amides is 11. The maximum atomic E-state index is 14.2. The molecule has 52 heteroatoms. The molecule has 0 bridgehead atoms. The van der Waals surface area contributed by atoms with E-state index in [-0.39, 0.29) is 78.1 Å². The van der Waals surface area contributed by atoms with Gasteiger partial charge in [0.1, 0.15) is 80.9 Å². The van der Waals surface area contributed by atoms with E-state index in [0.29, 0.717) is 0 Å². The minimum absolute atomic E-state index is 0.0130. The number of fused-ring (bicyclic) bond motifs is 2. The van der Waals surface area contributed by atoms with Crippen molar-refractivity contribution in [3.8, 4) is 11.5 Å². The molecule has 20 N–H and O–H groups in total. The first-order valence-electron chi connectivity index (χ1n) is 34.1. The van der Waals surface area contributed by atoms with Gasteiger partial charge in [-0.25, -0.2) is 39.1 Å². The number of hydrogen-bond donors (Lipinski definition) is 14. The summed E-state index contributed by atoms with van der Waals surface area (Å²) in [5.74, 6) is -11.5. The fourth-order valence-electron chi connectivity index (χ4n) is 10.7. The lowest BCUT2D eigenvalue weighted by molar-refractivity contribution is -0.144. The second kappa shape index (κ2) is 39.8. The number of imidazole rings is 2.